The van der Waals surface area contributed by atoms with Crippen LogP contribution in [-0.2, 0) is 11.3 Å². The molecule has 0 saturated carbocycles. The van der Waals surface area contributed by atoms with E-state index in [0.29, 0.717) is 13.1 Å². The minimum atomic E-state index is -0.116. The maximum atomic E-state index is 13.0. The maximum absolute atomic E-state index is 13.0. The normalized spacial score (nSPS) is 16.4. The van der Waals surface area contributed by atoms with Crippen LogP contribution in [0.15, 0.2) is 59.6 Å². The van der Waals surface area contributed by atoms with Crippen LogP contribution >= 0.6 is 11.3 Å². The zero-order valence-corrected chi connectivity index (χ0v) is 15.8. The van der Waals surface area contributed by atoms with Crippen molar-refractivity contribution in [2.24, 2.45) is 0 Å². The SMILES string of the molecule is O=C(Nc1cccc(-n2cccn2)c1)N(Cc1ccsc1)C[C@@H]1CCCO1. The third kappa shape index (κ3) is 4.56. The number of carbonyl (C=O) groups is 1. The van der Waals surface area contributed by atoms with Crippen molar-refractivity contribution in [2.75, 3.05) is 18.5 Å². The van der Waals surface area contributed by atoms with Crippen molar-refractivity contribution in [1.29, 1.82) is 0 Å². The molecule has 1 aliphatic heterocycles. The molecule has 1 aliphatic rings. The van der Waals surface area contributed by atoms with Crippen molar-refractivity contribution in [3.8, 4) is 5.69 Å². The van der Waals surface area contributed by atoms with Crippen LogP contribution in [0.3, 0.4) is 0 Å². The average Bonchev–Trinajstić information content (AvgIpc) is 3.45. The Morgan fingerprint density at radius 1 is 1.37 bits per heavy atom. The van der Waals surface area contributed by atoms with E-state index in [1.54, 1.807) is 22.2 Å². The molecule has 0 bridgehead atoms. The van der Waals surface area contributed by atoms with E-state index in [1.807, 2.05) is 46.8 Å². The van der Waals surface area contributed by atoms with Crippen molar-refractivity contribution in [3.63, 3.8) is 0 Å². The van der Waals surface area contributed by atoms with Crippen LogP contribution in [0.2, 0.25) is 0 Å². The molecule has 1 atom stereocenters. The Bertz CT molecular complexity index is 858. The van der Waals surface area contributed by atoms with E-state index in [2.05, 4.69) is 21.9 Å². The molecule has 0 radical (unpaired) electrons. The lowest BCUT2D eigenvalue weighted by Crippen LogP contribution is -2.39. The predicted molar refractivity (Wildman–Crippen MR) is 106 cm³/mol. The van der Waals surface area contributed by atoms with Gasteiger partial charge in [0.05, 0.1) is 11.8 Å². The number of urea groups is 1. The summed E-state index contributed by atoms with van der Waals surface area (Å²) in [5.41, 5.74) is 2.79. The van der Waals surface area contributed by atoms with E-state index in [4.69, 9.17) is 4.74 Å². The number of hydrogen-bond acceptors (Lipinski definition) is 4. The Kier molecular flexibility index (Phi) is 5.50. The van der Waals surface area contributed by atoms with Gasteiger partial charge in [-0.25, -0.2) is 9.48 Å². The Morgan fingerprint density at radius 3 is 3.07 bits per heavy atom. The van der Waals surface area contributed by atoms with E-state index < -0.39 is 0 Å². The van der Waals surface area contributed by atoms with Gasteiger partial charge >= 0.3 is 6.03 Å². The first-order valence-electron chi connectivity index (χ1n) is 9.06. The highest BCUT2D eigenvalue weighted by molar-refractivity contribution is 7.07. The quantitative estimate of drug-likeness (QED) is 0.697. The maximum Gasteiger partial charge on any atom is 0.322 e. The summed E-state index contributed by atoms with van der Waals surface area (Å²) in [4.78, 5) is 14.8. The summed E-state index contributed by atoms with van der Waals surface area (Å²) in [6, 6.07) is 11.5. The van der Waals surface area contributed by atoms with Gasteiger partial charge in [-0.1, -0.05) is 6.07 Å². The van der Waals surface area contributed by atoms with Gasteiger partial charge in [0.15, 0.2) is 0 Å². The number of amides is 2. The molecule has 4 rings (SSSR count). The molecule has 2 amide bonds. The summed E-state index contributed by atoms with van der Waals surface area (Å²) < 4.78 is 7.51. The fraction of sp³-hybridized carbons (Fsp3) is 0.300. The molecule has 2 aromatic heterocycles. The van der Waals surface area contributed by atoms with E-state index >= 15 is 0 Å². The van der Waals surface area contributed by atoms with Gasteiger partial charge in [0, 0.05) is 37.8 Å². The van der Waals surface area contributed by atoms with Gasteiger partial charge in [0.1, 0.15) is 0 Å². The topological polar surface area (TPSA) is 59.4 Å². The number of thiophene rings is 1. The van der Waals surface area contributed by atoms with E-state index in [-0.39, 0.29) is 12.1 Å². The summed E-state index contributed by atoms with van der Waals surface area (Å²) in [5, 5.41) is 11.4. The molecule has 0 aliphatic carbocycles. The largest absolute Gasteiger partial charge is 0.376 e. The molecule has 1 fully saturated rings. The summed E-state index contributed by atoms with van der Waals surface area (Å²) in [5.74, 6) is 0. The summed E-state index contributed by atoms with van der Waals surface area (Å²) >= 11 is 1.64. The van der Waals surface area contributed by atoms with Gasteiger partial charge in [0.25, 0.3) is 0 Å². The molecule has 0 unspecified atom stereocenters. The number of ether oxygens (including phenoxy) is 1. The second kappa shape index (κ2) is 8.37. The lowest BCUT2D eigenvalue weighted by atomic mass is 10.2. The Balaban J connectivity index is 1.48. The van der Waals surface area contributed by atoms with Crippen LogP contribution in [-0.4, -0.2) is 40.0 Å². The monoisotopic (exact) mass is 382 g/mol. The molecule has 0 spiro atoms. The van der Waals surface area contributed by atoms with Crippen molar-refractivity contribution >= 4 is 23.1 Å². The molecule has 1 N–H and O–H groups in total. The molecule has 140 valence electrons. The highest BCUT2D eigenvalue weighted by Crippen LogP contribution is 2.19. The highest BCUT2D eigenvalue weighted by atomic mass is 32.1. The molecular formula is C20H22N4O2S. The number of rotatable bonds is 6. The number of nitrogens with one attached hydrogen (secondary N) is 1. The lowest BCUT2D eigenvalue weighted by molar-refractivity contribution is 0.0819. The van der Waals surface area contributed by atoms with E-state index in [9.17, 15) is 4.79 Å². The van der Waals surface area contributed by atoms with Crippen LogP contribution in [0.1, 0.15) is 18.4 Å². The van der Waals surface area contributed by atoms with Crippen LogP contribution in [0.5, 0.6) is 0 Å². The van der Waals surface area contributed by atoms with Gasteiger partial charge in [-0.3, -0.25) is 0 Å². The molecule has 27 heavy (non-hydrogen) atoms. The zero-order chi connectivity index (χ0) is 18.5. The summed E-state index contributed by atoms with van der Waals surface area (Å²) in [7, 11) is 0. The first-order valence-corrected chi connectivity index (χ1v) is 10.0. The van der Waals surface area contributed by atoms with Crippen molar-refractivity contribution in [3.05, 3.63) is 65.1 Å². The molecule has 3 heterocycles. The van der Waals surface area contributed by atoms with Gasteiger partial charge in [-0.2, -0.15) is 16.4 Å². The molecule has 1 saturated heterocycles. The molecule has 1 aromatic carbocycles. The van der Waals surface area contributed by atoms with Gasteiger partial charge in [0.2, 0.25) is 0 Å². The highest BCUT2D eigenvalue weighted by Gasteiger charge is 2.23. The number of benzene rings is 1. The Labute approximate surface area is 162 Å². The summed E-state index contributed by atoms with van der Waals surface area (Å²) in [6.45, 7) is 1.96. The molecule has 7 heteroatoms. The molecule has 3 aromatic rings. The number of aromatic nitrogens is 2. The zero-order valence-electron chi connectivity index (χ0n) is 15.0. The van der Waals surface area contributed by atoms with Crippen LogP contribution in [0.25, 0.3) is 5.69 Å². The third-order valence-corrected chi connectivity index (χ3v) is 5.29. The van der Waals surface area contributed by atoms with Crippen molar-refractivity contribution < 1.29 is 9.53 Å². The molecule has 6 nitrogen and oxygen atoms in total. The minimum Gasteiger partial charge on any atom is -0.376 e. The fourth-order valence-electron chi connectivity index (χ4n) is 3.21. The first-order chi connectivity index (χ1) is 13.3. The van der Waals surface area contributed by atoms with Crippen molar-refractivity contribution in [1.82, 2.24) is 14.7 Å². The lowest BCUT2D eigenvalue weighted by Gasteiger charge is -2.25. The Hall–Kier alpha value is -2.64. The van der Waals surface area contributed by atoms with Gasteiger partial charge in [-0.05, 0) is 59.5 Å². The number of anilines is 1. The van der Waals surface area contributed by atoms with E-state index in [1.165, 1.54) is 0 Å². The third-order valence-electron chi connectivity index (χ3n) is 4.56. The smallest absolute Gasteiger partial charge is 0.322 e. The second-order valence-electron chi connectivity index (χ2n) is 6.58. The van der Waals surface area contributed by atoms with Gasteiger partial charge < -0.3 is 15.0 Å². The Morgan fingerprint density at radius 2 is 2.33 bits per heavy atom. The average molecular weight is 382 g/mol. The second-order valence-corrected chi connectivity index (χ2v) is 7.36. The number of nitrogens with zero attached hydrogens (tertiary/aromatic N) is 3. The van der Waals surface area contributed by atoms with E-state index in [0.717, 1.165) is 36.4 Å². The van der Waals surface area contributed by atoms with Crippen LogP contribution in [0, 0.1) is 0 Å². The first kappa shape index (κ1) is 17.8. The minimum absolute atomic E-state index is 0.116. The van der Waals surface area contributed by atoms with Crippen LogP contribution < -0.4 is 5.32 Å². The van der Waals surface area contributed by atoms with Crippen LogP contribution in [0.4, 0.5) is 10.5 Å². The standard InChI is InChI=1S/C20H22N4O2S/c25-20(22-17-4-1-5-18(12-17)24-9-3-8-21-24)23(13-16-7-11-27-15-16)14-19-6-2-10-26-19/h1,3-5,7-9,11-12,15,19H,2,6,10,13-14H2,(H,22,25)/t19-/m0/s1. The fourth-order valence-corrected chi connectivity index (χ4v) is 3.87. The van der Waals surface area contributed by atoms with Crippen molar-refractivity contribution in [2.45, 2.75) is 25.5 Å². The summed E-state index contributed by atoms with van der Waals surface area (Å²) in [6.07, 6.45) is 5.79. The number of carbonyl (C=O) groups excluding carboxylic acids is 1. The number of hydrogen-bond donors (Lipinski definition) is 1. The van der Waals surface area contributed by atoms with Gasteiger partial charge in [-0.15, -0.1) is 0 Å². The molecular weight excluding hydrogens is 360 g/mol. The predicted octanol–water partition coefficient (Wildman–Crippen LogP) is 4.15.